The molecule has 13 N–H and O–H groups in total. The summed E-state index contributed by atoms with van der Waals surface area (Å²) in [4.78, 5) is 79.1. The molecule has 0 saturated carbocycles. The molecule has 0 aliphatic carbocycles. The number of nitrogens with one attached hydrogen (secondary N) is 5. The van der Waals surface area contributed by atoms with Gasteiger partial charge in [0.25, 0.3) is 0 Å². The molecular weight excluding hydrogens is 542 g/mol. The molecule has 0 bridgehead atoms. The number of H-pyrrole nitrogens is 2. The van der Waals surface area contributed by atoms with E-state index in [0.717, 1.165) is 0 Å². The Morgan fingerprint density at radius 3 is 1.88 bits per heavy atom. The molecule has 18 heteroatoms. The second-order valence-electron chi connectivity index (χ2n) is 9.07. The number of aromatic nitrogens is 4. The van der Waals surface area contributed by atoms with E-state index in [1.807, 2.05) is 0 Å². The summed E-state index contributed by atoms with van der Waals surface area (Å²) in [7, 11) is 0. The van der Waals surface area contributed by atoms with Crippen molar-refractivity contribution in [1.29, 1.82) is 0 Å². The van der Waals surface area contributed by atoms with E-state index in [9.17, 15) is 29.1 Å². The molecule has 4 unspecified atom stereocenters. The van der Waals surface area contributed by atoms with Crippen LogP contribution in [-0.2, 0) is 36.8 Å². The van der Waals surface area contributed by atoms with Crippen LogP contribution in [0.25, 0.3) is 0 Å². The van der Waals surface area contributed by atoms with Crippen molar-refractivity contribution < 1.29 is 34.2 Å². The summed E-state index contributed by atoms with van der Waals surface area (Å²) in [5.74, 6) is -5.16. The van der Waals surface area contributed by atoms with Crippen LogP contribution in [0.5, 0.6) is 0 Å². The average Bonchev–Trinajstić information content (AvgIpc) is 3.61. The van der Waals surface area contributed by atoms with Gasteiger partial charge < -0.3 is 53.3 Å². The summed E-state index contributed by atoms with van der Waals surface area (Å²) in [6.45, 7) is 0.138. The Bertz CT molecular complexity index is 1180. The minimum Gasteiger partial charge on any atom is -0.481 e. The van der Waals surface area contributed by atoms with Crippen LogP contribution in [0.2, 0.25) is 0 Å². The highest BCUT2D eigenvalue weighted by Crippen LogP contribution is 2.06. The normalized spacial score (nSPS) is 13.7. The zero-order valence-electron chi connectivity index (χ0n) is 22.1. The van der Waals surface area contributed by atoms with E-state index in [1.165, 1.54) is 25.0 Å². The van der Waals surface area contributed by atoms with Crippen molar-refractivity contribution in [3.05, 3.63) is 36.4 Å². The van der Waals surface area contributed by atoms with E-state index in [-0.39, 0.29) is 44.6 Å². The van der Waals surface area contributed by atoms with E-state index in [1.54, 1.807) is 0 Å². The van der Waals surface area contributed by atoms with Gasteiger partial charge in [-0.05, 0) is 19.3 Å². The zero-order valence-corrected chi connectivity index (χ0v) is 22.1. The van der Waals surface area contributed by atoms with E-state index in [4.69, 9.17) is 22.3 Å². The number of aliphatic imine (C=N–C) groups is 1. The Morgan fingerprint density at radius 2 is 1.37 bits per heavy atom. The molecule has 0 saturated heterocycles. The first-order valence-electron chi connectivity index (χ1n) is 12.6. The van der Waals surface area contributed by atoms with Crippen molar-refractivity contribution in [2.45, 2.75) is 62.7 Å². The second kappa shape index (κ2) is 16.2. The number of carbonyl (C=O) groups is 5. The Hall–Kier alpha value is -5.00. The number of carboxylic acids is 2. The fourth-order valence-corrected chi connectivity index (χ4v) is 3.67. The van der Waals surface area contributed by atoms with Crippen molar-refractivity contribution in [3.63, 3.8) is 0 Å². The van der Waals surface area contributed by atoms with Crippen LogP contribution < -0.4 is 33.2 Å². The summed E-state index contributed by atoms with van der Waals surface area (Å²) in [6, 6.07) is -5.08. The van der Waals surface area contributed by atoms with Crippen molar-refractivity contribution in [3.8, 4) is 0 Å². The molecule has 0 aliphatic rings. The number of hydrogen-bond donors (Lipinski definition) is 10. The largest absolute Gasteiger partial charge is 0.481 e. The molecule has 0 aliphatic heterocycles. The molecule has 18 nitrogen and oxygen atoms in total. The van der Waals surface area contributed by atoms with E-state index >= 15 is 0 Å². The van der Waals surface area contributed by atoms with Gasteiger partial charge in [-0.1, -0.05) is 0 Å². The fraction of sp³-hybridized carbons (Fsp3) is 0.478. The van der Waals surface area contributed by atoms with Gasteiger partial charge in [0.2, 0.25) is 17.7 Å². The van der Waals surface area contributed by atoms with Crippen LogP contribution in [0.3, 0.4) is 0 Å². The molecular formula is C23H35N11O7. The quantitative estimate of drug-likeness (QED) is 0.0473. The van der Waals surface area contributed by atoms with E-state index < -0.39 is 60.2 Å². The molecule has 0 aromatic carbocycles. The standard InChI is InChI=1S/C23H35N11O7/c24-14(6-12-8-27-10-30-12)19(37)32-15(2-1-5-29-23(25)26)20(38)33-16(3-4-18(35)36)21(39)34-17(22(40)41)7-13-9-28-11-31-13/h8-11,14-17H,1-7,24H2,(H,27,30)(H,28,31)(H,32,37)(H,33,38)(H,34,39)(H,35,36)(H,40,41)(H4,25,26,29). The maximum atomic E-state index is 13.3. The molecule has 0 radical (unpaired) electrons. The zero-order chi connectivity index (χ0) is 30.4. The lowest BCUT2D eigenvalue weighted by molar-refractivity contribution is -0.143. The van der Waals surface area contributed by atoms with Gasteiger partial charge in [-0.25, -0.2) is 14.8 Å². The monoisotopic (exact) mass is 577 g/mol. The number of guanidine groups is 1. The third-order valence-corrected chi connectivity index (χ3v) is 5.78. The van der Waals surface area contributed by atoms with Gasteiger partial charge in [-0.15, -0.1) is 0 Å². The SMILES string of the molecule is NC(N)=NCCCC(NC(=O)C(N)Cc1cnc[nH]1)C(=O)NC(CCC(=O)O)C(=O)NC(Cc1cnc[nH]1)C(=O)O. The summed E-state index contributed by atoms with van der Waals surface area (Å²) >= 11 is 0. The number of rotatable bonds is 18. The smallest absolute Gasteiger partial charge is 0.326 e. The third kappa shape index (κ3) is 11.7. The minimum atomic E-state index is -1.43. The van der Waals surface area contributed by atoms with Crippen LogP contribution in [-0.4, -0.2) is 96.5 Å². The molecule has 2 aromatic rings. The number of aliphatic carboxylic acids is 2. The number of aromatic amines is 2. The van der Waals surface area contributed by atoms with Gasteiger partial charge in [-0.3, -0.25) is 24.2 Å². The third-order valence-electron chi connectivity index (χ3n) is 5.78. The molecule has 3 amide bonds. The van der Waals surface area contributed by atoms with Gasteiger partial charge in [0, 0.05) is 49.6 Å². The maximum absolute atomic E-state index is 13.3. The summed E-state index contributed by atoms with van der Waals surface area (Å²) in [5.41, 5.74) is 17.7. The Morgan fingerprint density at radius 1 is 0.829 bits per heavy atom. The van der Waals surface area contributed by atoms with Crippen LogP contribution in [0.4, 0.5) is 0 Å². The summed E-state index contributed by atoms with van der Waals surface area (Å²) in [5, 5.41) is 26.0. The van der Waals surface area contributed by atoms with Gasteiger partial charge in [0.1, 0.15) is 18.1 Å². The van der Waals surface area contributed by atoms with Crippen molar-refractivity contribution in [1.82, 2.24) is 35.9 Å². The van der Waals surface area contributed by atoms with Crippen molar-refractivity contribution in [2.75, 3.05) is 6.54 Å². The van der Waals surface area contributed by atoms with Crippen LogP contribution >= 0.6 is 0 Å². The number of nitrogens with two attached hydrogens (primary N) is 3. The number of nitrogens with zero attached hydrogens (tertiary/aromatic N) is 3. The minimum absolute atomic E-state index is 0.0377. The molecule has 0 fully saturated rings. The lowest BCUT2D eigenvalue weighted by Crippen LogP contribution is -2.57. The molecule has 0 spiro atoms. The molecule has 2 rings (SSSR count). The first-order valence-corrected chi connectivity index (χ1v) is 12.6. The Labute approximate surface area is 234 Å². The van der Waals surface area contributed by atoms with Gasteiger partial charge in [0.15, 0.2) is 5.96 Å². The number of hydrogen-bond acceptors (Lipinski definition) is 9. The lowest BCUT2D eigenvalue weighted by Gasteiger charge is -2.25. The van der Waals surface area contributed by atoms with Gasteiger partial charge in [-0.2, -0.15) is 0 Å². The van der Waals surface area contributed by atoms with E-state index in [0.29, 0.717) is 11.4 Å². The van der Waals surface area contributed by atoms with E-state index in [2.05, 4.69) is 40.9 Å². The Kier molecular flexibility index (Phi) is 12.7. The van der Waals surface area contributed by atoms with Crippen molar-refractivity contribution in [2.24, 2.45) is 22.2 Å². The number of amides is 3. The predicted octanol–water partition coefficient (Wildman–Crippen LogP) is -3.30. The van der Waals surface area contributed by atoms with Gasteiger partial charge in [0.05, 0.1) is 18.7 Å². The Balaban J connectivity index is 2.16. The van der Waals surface area contributed by atoms with Crippen LogP contribution in [0.1, 0.15) is 37.1 Å². The van der Waals surface area contributed by atoms with Crippen LogP contribution in [0.15, 0.2) is 30.0 Å². The fourth-order valence-electron chi connectivity index (χ4n) is 3.67. The number of carboxylic acid groups (broad SMARTS) is 2. The molecule has 2 aromatic heterocycles. The first kappa shape index (κ1) is 32.2. The first-order chi connectivity index (χ1) is 19.5. The predicted molar refractivity (Wildman–Crippen MR) is 143 cm³/mol. The average molecular weight is 578 g/mol. The maximum Gasteiger partial charge on any atom is 0.326 e. The summed E-state index contributed by atoms with van der Waals surface area (Å²) in [6.07, 6.45) is 5.04. The number of carbonyl (C=O) groups excluding carboxylic acids is 3. The molecule has 41 heavy (non-hydrogen) atoms. The van der Waals surface area contributed by atoms with Crippen molar-refractivity contribution >= 4 is 35.6 Å². The second-order valence-corrected chi connectivity index (χ2v) is 9.07. The summed E-state index contributed by atoms with van der Waals surface area (Å²) < 4.78 is 0. The highest BCUT2D eigenvalue weighted by atomic mass is 16.4. The highest BCUT2D eigenvalue weighted by molar-refractivity contribution is 5.94. The lowest BCUT2D eigenvalue weighted by atomic mass is 10.1. The van der Waals surface area contributed by atoms with Crippen LogP contribution in [0, 0.1) is 0 Å². The number of imidazole rings is 2. The molecule has 4 atom stereocenters. The topological polar surface area (TPSA) is 310 Å². The molecule has 2 heterocycles. The van der Waals surface area contributed by atoms with Gasteiger partial charge >= 0.3 is 11.9 Å². The molecule has 224 valence electrons. The highest BCUT2D eigenvalue weighted by Gasteiger charge is 2.31.